The summed E-state index contributed by atoms with van der Waals surface area (Å²) in [5.41, 5.74) is 1.11. The molecule has 0 amide bonds. The summed E-state index contributed by atoms with van der Waals surface area (Å²) in [6, 6.07) is 6.55. The highest BCUT2D eigenvalue weighted by Crippen LogP contribution is 2.26. The molecule has 0 radical (unpaired) electrons. The fourth-order valence-electron chi connectivity index (χ4n) is 2.67. The standard InChI is InChI=1S/C18H15ClF3N3O2S/c1-10-18(24-28(26,27)12-6-7-16(21)17(22)8-12)11(2)25(23-10)9-13-14(19)4-3-5-15(13)20/h3-8,24H,9H2,1-2H3. The molecule has 10 heteroatoms. The molecule has 0 unspecified atom stereocenters. The lowest BCUT2D eigenvalue weighted by molar-refractivity contribution is 0.504. The minimum atomic E-state index is -4.18. The van der Waals surface area contributed by atoms with Crippen molar-refractivity contribution in [2.24, 2.45) is 0 Å². The molecule has 0 aliphatic heterocycles. The first kappa shape index (κ1) is 20.2. The maximum absolute atomic E-state index is 14.0. The third-order valence-electron chi connectivity index (χ3n) is 4.19. The van der Waals surface area contributed by atoms with E-state index >= 15 is 0 Å². The number of sulfonamides is 1. The third-order valence-corrected chi connectivity index (χ3v) is 5.89. The number of aromatic nitrogens is 2. The molecule has 0 saturated carbocycles. The largest absolute Gasteiger partial charge is 0.276 e. The van der Waals surface area contributed by atoms with Gasteiger partial charge in [0.25, 0.3) is 10.0 Å². The first-order valence-corrected chi connectivity index (χ1v) is 9.91. The molecule has 0 atom stereocenters. The fourth-order valence-corrected chi connectivity index (χ4v) is 4.08. The van der Waals surface area contributed by atoms with Crippen molar-refractivity contribution in [3.05, 3.63) is 75.8 Å². The van der Waals surface area contributed by atoms with Gasteiger partial charge in [0.1, 0.15) is 5.82 Å². The van der Waals surface area contributed by atoms with Crippen LogP contribution in [-0.4, -0.2) is 18.2 Å². The zero-order valence-electron chi connectivity index (χ0n) is 14.8. The molecule has 2 aromatic carbocycles. The van der Waals surface area contributed by atoms with Crippen LogP contribution in [0, 0.1) is 31.3 Å². The number of anilines is 1. The van der Waals surface area contributed by atoms with Crippen molar-refractivity contribution in [3.63, 3.8) is 0 Å². The van der Waals surface area contributed by atoms with Gasteiger partial charge >= 0.3 is 0 Å². The predicted octanol–water partition coefficient (Wildman–Crippen LogP) is 4.42. The molecule has 0 aliphatic carbocycles. The summed E-state index contributed by atoms with van der Waals surface area (Å²) in [6.45, 7) is 3.15. The monoisotopic (exact) mass is 429 g/mol. The number of halogens is 4. The Bertz CT molecular complexity index is 1140. The van der Waals surface area contributed by atoms with Crippen LogP contribution in [-0.2, 0) is 16.6 Å². The van der Waals surface area contributed by atoms with E-state index in [0.717, 1.165) is 12.1 Å². The summed E-state index contributed by atoms with van der Waals surface area (Å²) < 4.78 is 69.3. The Morgan fingerprint density at radius 3 is 2.43 bits per heavy atom. The van der Waals surface area contributed by atoms with Gasteiger partial charge < -0.3 is 0 Å². The van der Waals surface area contributed by atoms with Crippen molar-refractivity contribution in [1.82, 2.24) is 9.78 Å². The molecular formula is C18H15ClF3N3O2S. The van der Waals surface area contributed by atoms with Crippen LogP contribution in [0.3, 0.4) is 0 Å². The lowest BCUT2D eigenvalue weighted by Crippen LogP contribution is -2.15. The second-order valence-corrected chi connectivity index (χ2v) is 8.17. The molecule has 5 nitrogen and oxygen atoms in total. The van der Waals surface area contributed by atoms with Crippen LogP contribution in [0.2, 0.25) is 5.02 Å². The van der Waals surface area contributed by atoms with Gasteiger partial charge in [-0.1, -0.05) is 17.7 Å². The van der Waals surface area contributed by atoms with Gasteiger partial charge in [-0.15, -0.1) is 0 Å². The first-order chi connectivity index (χ1) is 13.1. The Labute approximate surface area is 164 Å². The second kappa shape index (κ2) is 7.48. The predicted molar refractivity (Wildman–Crippen MR) is 99.4 cm³/mol. The van der Waals surface area contributed by atoms with Gasteiger partial charge in [-0.2, -0.15) is 5.10 Å². The zero-order chi connectivity index (χ0) is 20.6. The Balaban J connectivity index is 1.95. The third kappa shape index (κ3) is 3.85. The topological polar surface area (TPSA) is 64.0 Å². The lowest BCUT2D eigenvalue weighted by atomic mass is 10.2. The summed E-state index contributed by atoms with van der Waals surface area (Å²) in [5, 5.41) is 4.45. The van der Waals surface area contributed by atoms with Crippen LogP contribution in [0.4, 0.5) is 18.9 Å². The summed E-state index contributed by atoms with van der Waals surface area (Å²) in [5.74, 6) is -2.94. The van der Waals surface area contributed by atoms with Gasteiger partial charge in [-0.05, 0) is 44.2 Å². The molecule has 0 bridgehead atoms. The van der Waals surface area contributed by atoms with E-state index in [0.29, 0.717) is 17.5 Å². The smallest absolute Gasteiger partial charge is 0.262 e. The van der Waals surface area contributed by atoms with E-state index in [1.807, 2.05) is 0 Å². The maximum Gasteiger partial charge on any atom is 0.262 e. The highest BCUT2D eigenvalue weighted by Gasteiger charge is 2.22. The molecular weight excluding hydrogens is 415 g/mol. The van der Waals surface area contributed by atoms with Gasteiger partial charge in [-0.3, -0.25) is 9.40 Å². The van der Waals surface area contributed by atoms with Crippen LogP contribution in [0.25, 0.3) is 0 Å². The number of nitrogens with zero attached hydrogens (tertiary/aromatic N) is 2. The van der Waals surface area contributed by atoms with E-state index < -0.39 is 32.4 Å². The van der Waals surface area contributed by atoms with Crippen molar-refractivity contribution < 1.29 is 21.6 Å². The van der Waals surface area contributed by atoms with Crippen molar-refractivity contribution in [3.8, 4) is 0 Å². The summed E-state index contributed by atoms with van der Waals surface area (Å²) in [4.78, 5) is -0.435. The van der Waals surface area contributed by atoms with Crippen LogP contribution >= 0.6 is 11.6 Å². The van der Waals surface area contributed by atoms with Crippen molar-refractivity contribution in [1.29, 1.82) is 0 Å². The molecule has 0 spiro atoms. The quantitative estimate of drug-likeness (QED) is 0.653. The van der Waals surface area contributed by atoms with E-state index in [1.54, 1.807) is 19.9 Å². The number of benzene rings is 2. The molecule has 1 heterocycles. The fraction of sp³-hybridized carbons (Fsp3) is 0.167. The van der Waals surface area contributed by atoms with E-state index in [-0.39, 0.29) is 22.8 Å². The number of rotatable bonds is 5. The molecule has 1 N–H and O–H groups in total. The molecule has 0 saturated heterocycles. The Morgan fingerprint density at radius 2 is 1.79 bits per heavy atom. The summed E-state index contributed by atoms with van der Waals surface area (Å²) in [6.07, 6.45) is 0. The number of nitrogens with one attached hydrogen (secondary N) is 1. The van der Waals surface area contributed by atoms with Crippen molar-refractivity contribution in [2.75, 3.05) is 4.72 Å². The van der Waals surface area contributed by atoms with E-state index in [4.69, 9.17) is 11.6 Å². The van der Waals surface area contributed by atoms with Crippen LogP contribution < -0.4 is 4.72 Å². The highest BCUT2D eigenvalue weighted by atomic mass is 35.5. The zero-order valence-corrected chi connectivity index (χ0v) is 16.4. The average Bonchev–Trinajstić information content (AvgIpc) is 2.87. The highest BCUT2D eigenvalue weighted by molar-refractivity contribution is 7.92. The van der Waals surface area contributed by atoms with Crippen LogP contribution in [0.5, 0.6) is 0 Å². The molecule has 28 heavy (non-hydrogen) atoms. The minimum Gasteiger partial charge on any atom is -0.276 e. The van der Waals surface area contributed by atoms with E-state index in [1.165, 1.54) is 16.8 Å². The Morgan fingerprint density at radius 1 is 1.07 bits per heavy atom. The molecule has 148 valence electrons. The van der Waals surface area contributed by atoms with Gasteiger partial charge in [0.15, 0.2) is 11.6 Å². The molecule has 3 aromatic rings. The van der Waals surface area contributed by atoms with Gasteiger partial charge in [0.2, 0.25) is 0 Å². The molecule has 3 rings (SSSR count). The van der Waals surface area contributed by atoms with Crippen molar-refractivity contribution >= 4 is 27.3 Å². The number of aryl methyl sites for hydroxylation is 1. The van der Waals surface area contributed by atoms with Crippen LogP contribution in [0.15, 0.2) is 41.3 Å². The van der Waals surface area contributed by atoms with Gasteiger partial charge in [0.05, 0.1) is 28.5 Å². The second-order valence-electron chi connectivity index (χ2n) is 6.09. The Kier molecular flexibility index (Phi) is 5.40. The van der Waals surface area contributed by atoms with E-state index in [9.17, 15) is 21.6 Å². The molecule has 1 aromatic heterocycles. The van der Waals surface area contributed by atoms with Crippen molar-refractivity contribution in [2.45, 2.75) is 25.3 Å². The van der Waals surface area contributed by atoms with Gasteiger partial charge in [-0.25, -0.2) is 21.6 Å². The number of hydrogen-bond donors (Lipinski definition) is 1. The normalized spacial score (nSPS) is 11.6. The summed E-state index contributed by atoms with van der Waals surface area (Å²) in [7, 11) is -4.18. The SMILES string of the molecule is Cc1nn(Cc2c(F)cccc2Cl)c(C)c1NS(=O)(=O)c1ccc(F)c(F)c1. The van der Waals surface area contributed by atoms with Crippen LogP contribution in [0.1, 0.15) is 17.0 Å². The van der Waals surface area contributed by atoms with Gasteiger partial charge in [0, 0.05) is 10.6 Å². The molecule has 0 fully saturated rings. The maximum atomic E-state index is 14.0. The average molecular weight is 430 g/mol. The lowest BCUT2D eigenvalue weighted by Gasteiger charge is -2.10. The summed E-state index contributed by atoms with van der Waals surface area (Å²) >= 11 is 6.03. The van der Waals surface area contributed by atoms with E-state index in [2.05, 4.69) is 9.82 Å². The first-order valence-electron chi connectivity index (χ1n) is 8.05. The minimum absolute atomic E-state index is 0.00885. The number of hydrogen-bond acceptors (Lipinski definition) is 3. The Hall–Kier alpha value is -2.52. The molecule has 0 aliphatic rings.